The van der Waals surface area contributed by atoms with Gasteiger partial charge in [-0.3, -0.25) is 0 Å². The molecule has 2 aromatic rings. The maximum Gasteiger partial charge on any atom is 0.437 e. The predicted octanol–water partition coefficient (Wildman–Crippen LogP) is 1.34. The maximum absolute atomic E-state index is 11.6. The summed E-state index contributed by atoms with van der Waals surface area (Å²) in [5.41, 5.74) is 0. The van der Waals surface area contributed by atoms with E-state index in [0.717, 1.165) is 6.42 Å². The van der Waals surface area contributed by atoms with Crippen LogP contribution in [0.15, 0.2) is 13.7 Å². The van der Waals surface area contributed by atoms with Gasteiger partial charge in [-0.25, -0.2) is 4.79 Å². The van der Waals surface area contributed by atoms with Crippen molar-refractivity contribution in [3.05, 3.63) is 28.2 Å². The van der Waals surface area contributed by atoms with Crippen LogP contribution in [0.2, 0.25) is 0 Å². The van der Waals surface area contributed by atoms with Crippen LogP contribution >= 0.6 is 0 Å². The lowest BCUT2D eigenvalue weighted by molar-refractivity contribution is 0.324. The summed E-state index contributed by atoms with van der Waals surface area (Å²) in [6.07, 6.45) is 2.19. The van der Waals surface area contributed by atoms with Crippen molar-refractivity contribution < 1.29 is 8.94 Å². The molecule has 0 fully saturated rings. The Bertz CT molecular complexity index is 569. The summed E-state index contributed by atoms with van der Waals surface area (Å²) < 4.78 is 11.4. The molecule has 0 saturated carbocycles. The van der Waals surface area contributed by atoms with Gasteiger partial charge in [-0.05, 0) is 13.3 Å². The lowest BCUT2D eigenvalue weighted by Crippen LogP contribution is -2.21. The fourth-order valence-corrected chi connectivity index (χ4v) is 1.57. The molecular formula is C11H16N4O3. The molecule has 7 nitrogen and oxygen atoms in total. The Balaban J connectivity index is 2.27. The monoisotopic (exact) mass is 252 g/mol. The van der Waals surface area contributed by atoms with E-state index in [1.807, 2.05) is 13.8 Å². The van der Waals surface area contributed by atoms with Crippen LogP contribution < -0.4 is 5.76 Å². The van der Waals surface area contributed by atoms with Gasteiger partial charge in [0, 0.05) is 12.8 Å². The molecule has 0 unspecified atom stereocenters. The molecule has 18 heavy (non-hydrogen) atoms. The van der Waals surface area contributed by atoms with Crippen LogP contribution in [-0.2, 0) is 12.8 Å². The summed E-state index contributed by atoms with van der Waals surface area (Å²) in [5, 5.41) is 7.91. The molecule has 0 radical (unpaired) electrons. The molecule has 0 aliphatic heterocycles. The van der Waals surface area contributed by atoms with Crippen LogP contribution in [0, 0.1) is 0 Å². The van der Waals surface area contributed by atoms with Gasteiger partial charge >= 0.3 is 5.76 Å². The summed E-state index contributed by atoms with van der Waals surface area (Å²) in [6, 6.07) is -0.417. The Kier molecular flexibility index (Phi) is 3.59. The van der Waals surface area contributed by atoms with E-state index in [1.165, 1.54) is 4.68 Å². The Morgan fingerprint density at radius 3 is 2.78 bits per heavy atom. The van der Waals surface area contributed by atoms with Gasteiger partial charge in [0.1, 0.15) is 6.04 Å². The van der Waals surface area contributed by atoms with Gasteiger partial charge in [0.25, 0.3) is 5.89 Å². The Hall–Kier alpha value is -1.92. The maximum atomic E-state index is 11.6. The fraction of sp³-hybridized carbons (Fsp3) is 0.636. The molecule has 0 aliphatic rings. The minimum absolute atomic E-state index is 0.366. The fourth-order valence-electron chi connectivity index (χ4n) is 1.57. The number of aryl methyl sites for hydroxylation is 2. The van der Waals surface area contributed by atoms with Crippen molar-refractivity contribution in [1.29, 1.82) is 0 Å². The van der Waals surface area contributed by atoms with E-state index in [0.29, 0.717) is 30.4 Å². The van der Waals surface area contributed by atoms with Crippen molar-refractivity contribution in [2.75, 3.05) is 0 Å². The molecule has 2 aromatic heterocycles. The van der Waals surface area contributed by atoms with Crippen LogP contribution in [-0.4, -0.2) is 19.9 Å². The van der Waals surface area contributed by atoms with E-state index in [2.05, 4.69) is 15.2 Å². The van der Waals surface area contributed by atoms with Crippen molar-refractivity contribution >= 4 is 0 Å². The minimum Gasteiger partial charge on any atom is -0.392 e. The van der Waals surface area contributed by atoms with Crippen molar-refractivity contribution in [3.63, 3.8) is 0 Å². The molecule has 2 heterocycles. The third kappa shape index (κ3) is 2.34. The van der Waals surface area contributed by atoms with Crippen molar-refractivity contribution in [3.8, 4) is 0 Å². The molecule has 1 atom stereocenters. The molecule has 0 saturated heterocycles. The average molecular weight is 252 g/mol. The topological polar surface area (TPSA) is 87.0 Å². The first-order valence-corrected chi connectivity index (χ1v) is 6.06. The number of hydrogen-bond acceptors (Lipinski definition) is 6. The molecule has 0 bridgehead atoms. The first kappa shape index (κ1) is 12.5. The van der Waals surface area contributed by atoms with E-state index in [4.69, 9.17) is 8.94 Å². The van der Waals surface area contributed by atoms with Crippen LogP contribution in [0.3, 0.4) is 0 Å². The molecule has 98 valence electrons. The number of aromatic nitrogens is 4. The molecule has 0 N–H and O–H groups in total. The molecule has 0 aromatic carbocycles. The van der Waals surface area contributed by atoms with Gasteiger partial charge in [0.15, 0.2) is 5.82 Å². The first-order valence-electron chi connectivity index (χ1n) is 6.06. The van der Waals surface area contributed by atoms with Crippen molar-refractivity contribution in [1.82, 2.24) is 19.9 Å². The van der Waals surface area contributed by atoms with E-state index in [9.17, 15) is 4.79 Å². The van der Waals surface area contributed by atoms with E-state index in [1.54, 1.807) is 6.92 Å². The Labute approximate surface area is 104 Å². The van der Waals surface area contributed by atoms with Crippen LogP contribution in [0.1, 0.15) is 50.8 Å². The third-order valence-electron chi connectivity index (χ3n) is 2.60. The van der Waals surface area contributed by atoms with E-state index >= 15 is 0 Å². The lowest BCUT2D eigenvalue weighted by Gasteiger charge is -2.02. The Morgan fingerprint density at radius 1 is 1.39 bits per heavy atom. The van der Waals surface area contributed by atoms with E-state index in [-0.39, 0.29) is 0 Å². The highest BCUT2D eigenvalue weighted by Crippen LogP contribution is 2.13. The van der Waals surface area contributed by atoms with Crippen molar-refractivity contribution in [2.45, 2.75) is 46.1 Å². The standard InChI is InChI=1S/C11H16N4O3/c1-4-6-9-13-15(11(16)17-9)7(3)10-12-8(5-2)14-18-10/h7H,4-6H2,1-3H3/t7-/m0/s1. The summed E-state index contributed by atoms with van der Waals surface area (Å²) in [7, 11) is 0. The summed E-state index contributed by atoms with van der Waals surface area (Å²) in [4.78, 5) is 15.8. The number of hydrogen-bond donors (Lipinski definition) is 0. The van der Waals surface area contributed by atoms with Gasteiger partial charge in [-0.1, -0.05) is 19.0 Å². The zero-order valence-corrected chi connectivity index (χ0v) is 10.7. The second kappa shape index (κ2) is 5.16. The summed E-state index contributed by atoms with van der Waals surface area (Å²) >= 11 is 0. The van der Waals surface area contributed by atoms with Gasteiger partial charge in [-0.2, -0.15) is 9.67 Å². The smallest absolute Gasteiger partial charge is 0.392 e. The highest BCUT2D eigenvalue weighted by molar-refractivity contribution is 4.93. The van der Waals surface area contributed by atoms with Gasteiger partial charge in [0.05, 0.1) is 0 Å². The highest BCUT2D eigenvalue weighted by atomic mass is 16.5. The quantitative estimate of drug-likeness (QED) is 0.798. The SMILES string of the molecule is CCCc1nn([C@@H](C)c2nc(CC)no2)c(=O)o1. The second-order valence-electron chi connectivity index (χ2n) is 4.03. The largest absolute Gasteiger partial charge is 0.437 e. The molecule has 0 spiro atoms. The minimum atomic E-state index is -0.498. The zero-order valence-electron chi connectivity index (χ0n) is 10.7. The van der Waals surface area contributed by atoms with Gasteiger partial charge < -0.3 is 8.94 Å². The van der Waals surface area contributed by atoms with Crippen LogP contribution in [0.5, 0.6) is 0 Å². The zero-order chi connectivity index (χ0) is 13.1. The van der Waals surface area contributed by atoms with Gasteiger partial charge in [-0.15, -0.1) is 5.10 Å². The Morgan fingerprint density at radius 2 is 2.17 bits per heavy atom. The van der Waals surface area contributed by atoms with Crippen LogP contribution in [0.4, 0.5) is 0 Å². The van der Waals surface area contributed by atoms with Crippen LogP contribution in [0.25, 0.3) is 0 Å². The van der Waals surface area contributed by atoms with E-state index < -0.39 is 11.8 Å². The molecular weight excluding hydrogens is 236 g/mol. The van der Waals surface area contributed by atoms with Gasteiger partial charge in [0.2, 0.25) is 5.89 Å². The lowest BCUT2D eigenvalue weighted by atomic mass is 10.3. The molecule has 0 amide bonds. The normalized spacial score (nSPS) is 12.8. The van der Waals surface area contributed by atoms with Crippen molar-refractivity contribution in [2.24, 2.45) is 0 Å². The average Bonchev–Trinajstić information content (AvgIpc) is 2.95. The summed E-state index contributed by atoms with van der Waals surface area (Å²) in [6.45, 7) is 5.70. The number of nitrogens with zero attached hydrogens (tertiary/aromatic N) is 4. The molecule has 0 aliphatic carbocycles. The third-order valence-corrected chi connectivity index (χ3v) is 2.60. The number of rotatable bonds is 5. The molecule has 2 rings (SSSR count). The molecule has 7 heteroatoms. The highest BCUT2D eigenvalue weighted by Gasteiger charge is 2.20. The second-order valence-corrected chi connectivity index (χ2v) is 4.03. The summed E-state index contributed by atoms with van der Waals surface area (Å²) in [5.74, 6) is 0.916. The predicted molar refractivity (Wildman–Crippen MR) is 62.2 cm³/mol. The first-order chi connectivity index (χ1) is 8.65.